The van der Waals surface area contributed by atoms with Crippen LogP contribution in [0.4, 0.5) is 0 Å². The Morgan fingerprint density at radius 1 is 1.15 bits per heavy atom. The van der Waals surface area contributed by atoms with Crippen LogP contribution in [-0.4, -0.2) is 18.5 Å². The Morgan fingerprint density at radius 2 is 1.62 bits per heavy atom. The molecule has 0 spiro atoms. The van der Waals surface area contributed by atoms with Crippen molar-refractivity contribution in [2.75, 3.05) is 13.6 Å². The highest BCUT2D eigenvalue weighted by molar-refractivity contribution is 4.95. The van der Waals surface area contributed by atoms with Crippen molar-refractivity contribution in [1.82, 2.24) is 4.90 Å². The van der Waals surface area contributed by atoms with Gasteiger partial charge in [0.25, 0.3) is 0 Å². The van der Waals surface area contributed by atoms with E-state index in [2.05, 4.69) is 53.1 Å². The van der Waals surface area contributed by atoms with Crippen molar-refractivity contribution in [2.45, 2.75) is 34.6 Å². The summed E-state index contributed by atoms with van der Waals surface area (Å²) in [6, 6.07) is 0. The molecule has 0 N–H and O–H groups in total. The average Bonchev–Trinajstić information content (AvgIpc) is 2.02. The molecule has 0 aliphatic heterocycles. The molecule has 0 rings (SSSR count). The fourth-order valence-corrected chi connectivity index (χ4v) is 1.20. The number of allylic oxidation sites excluding steroid dienone is 1. The summed E-state index contributed by atoms with van der Waals surface area (Å²) in [7, 11) is 2.14. The first kappa shape index (κ1) is 12.5. The van der Waals surface area contributed by atoms with Crippen LogP contribution in [-0.2, 0) is 0 Å². The van der Waals surface area contributed by atoms with E-state index in [1.54, 1.807) is 0 Å². The molecular formula is C12H25N. The molecule has 1 heteroatoms. The lowest BCUT2D eigenvalue weighted by Crippen LogP contribution is -2.27. The Morgan fingerprint density at radius 3 is 1.92 bits per heavy atom. The summed E-state index contributed by atoms with van der Waals surface area (Å²) in [5, 5.41) is 0. The predicted octanol–water partition coefficient (Wildman–Crippen LogP) is 3.38. The van der Waals surface area contributed by atoms with Gasteiger partial charge in [0.15, 0.2) is 0 Å². The van der Waals surface area contributed by atoms with Gasteiger partial charge in [0.2, 0.25) is 0 Å². The lowest BCUT2D eigenvalue weighted by molar-refractivity contribution is 0.277. The zero-order valence-electron chi connectivity index (χ0n) is 10.1. The monoisotopic (exact) mass is 183 g/mol. The van der Waals surface area contributed by atoms with Gasteiger partial charge in [-0.15, -0.1) is 0 Å². The molecule has 0 heterocycles. The van der Waals surface area contributed by atoms with E-state index in [4.69, 9.17) is 0 Å². The van der Waals surface area contributed by atoms with E-state index in [-0.39, 0.29) is 0 Å². The Hall–Kier alpha value is -0.460. The second-order valence-corrected chi connectivity index (χ2v) is 4.75. The van der Waals surface area contributed by atoms with Gasteiger partial charge < -0.3 is 4.90 Å². The molecule has 0 fully saturated rings. The van der Waals surface area contributed by atoms with Gasteiger partial charge in [-0.25, -0.2) is 0 Å². The Kier molecular flexibility index (Phi) is 5.12. The van der Waals surface area contributed by atoms with Gasteiger partial charge >= 0.3 is 0 Å². The van der Waals surface area contributed by atoms with Crippen molar-refractivity contribution >= 4 is 0 Å². The van der Waals surface area contributed by atoms with Gasteiger partial charge in [0.1, 0.15) is 0 Å². The van der Waals surface area contributed by atoms with E-state index in [1.165, 1.54) is 5.70 Å². The summed E-state index contributed by atoms with van der Waals surface area (Å²) >= 11 is 0. The molecule has 13 heavy (non-hydrogen) atoms. The van der Waals surface area contributed by atoms with Gasteiger partial charge in [-0.3, -0.25) is 0 Å². The van der Waals surface area contributed by atoms with Crippen molar-refractivity contribution in [3.05, 3.63) is 12.3 Å². The molecule has 0 aliphatic carbocycles. The van der Waals surface area contributed by atoms with Crippen molar-refractivity contribution in [1.29, 1.82) is 0 Å². The second-order valence-electron chi connectivity index (χ2n) is 4.75. The molecular weight excluding hydrogens is 158 g/mol. The van der Waals surface area contributed by atoms with E-state index >= 15 is 0 Å². The molecule has 0 aromatic heterocycles. The SMILES string of the molecule is C=C(C(C)C)N(C)CC(C)C(C)C. The molecule has 1 atom stereocenters. The highest BCUT2D eigenvalue weighted by atomic mass is 15.1. The van der Waals surface area contributed by atoms with Gasteiger partial charge in [-0.2, -0.15) is 0 Å². The van der Waals surface area contributed by atoms with Crippen molar-refractivity contribution in [3.8, 4) is 0 Å². The predicted molar refractivity (Wildman–Crippen MR) is 60.6 cm³/mol. The van der Waals surface area contributed by atoms with Gasteiger partial charge in [0.05, 0.1) is 0 Å². The summed E-state index contributed by atoms with van der Waals surface area (Å²) in [6.45, 7) is 16.4. The topological polar surface area (TPSA) is 3.24 Å². The zero-order chi connectivity index (χ0) is 10.6. The standard InChI is InChI=1S/C12H25N/c1-9(2)11(5)8-13(7)12(6)10(3)4/h9-11H,6,8H2,1-5,7H3. The average molecular weight is 183 g/mol. The molecule has 0 aromatic carbocycles. The Labute approximate surface area is 83.8 Å². The van der Waals surface area contributed by atoms with Gasteiger partial charge in [-0.05, 0) is 17.8 Å². The van der Waals surface area contributed by atoms with E-state index in [0.717, 1.165) is 18.4 Å². The van der Waals surface area contributed by atoms with E-state index in [0.29, 0.717) is 5.92 Å². The highest BCUT2D eigenvalue weighted by Crippen LogP contribution is 2.16. The smallest absolute Gasteiger partial charge is 0.0199 e. The molecule has 0 aliphatic rings. The maximum Gasteiger partial charge on any atom is 0.0199 e. The molecule has 0 radical (unpaired) electrons. The van der Waals surface area contributed by atoms with E-state index < -0.39 is 0 Å². The van der Waals surface area contributed by atoms with Crippen molar-refractivity contribution < 1.29 is 0 Å². The van der Waals surface area contributed by atoms with Crippen LogP contribution in [0.5, 0.6) is 0 Å². The molecule has 1 nitrogen and oxygen atoms in total. The third-order valence-corrected chi connectivity index (χ3v) is 2.86. The first-order valence-corrected chi connectivity index (χ1v) is 5.26. The van der Waals surface area contributed by atoms with Crippen molar-refractivity contribution in [3.63, 3.8) is 0 Å². The van der Waals surface area contributed by atoms with Crippen LogP contribution in [0.1, 0.15) is 34.6 Å². The van der Waals surface area contributed by atoms with Crippen LogP contribution < -0.4 is 0 Å². The summed E-state index contributed by atoms with van der Waals surface area (Å²) in [5.41, 5.74) is 1.24. The summed E-state index contributed by atoms with van der Waals surface area (Å²) in [6.07, 6.45) is 0. The molecule has 0 saturated carbocycles. The quantitative estimate of drug-likeness (QED) is 0.631. The van der Waals surface area contributed by atoms with E-state index in [1.807, 2.05) is 0 Å². The maximum absolute atomic E-state index is 4.09. The van der Waals surface area contributed by atoms with Crippen LogP contribution in [0.25, 0.3) is 0 Å². The summed E-state index contributed by atoms with van der Waals surface area (Å²) in [4.78, 5) is 2.29. The first-order valence-electron chi connectivity index (χ1n) is 5.26. The van der Waals surface area contributed by atoms with Crippen LogP contribution >= 0.6 is 0 Å². The van der Waals surface area contributed by atoms with Gasteiger partial charge in [-0.1, -0.05) is 41.2 Å². The summed E-state index contributed by atoms with van der Waals surface area (Å²) in [5.74, 6) is 2.05. The van der Waals surface area contributed by atoms with Crippen LogP contribution in [0.3, 0.4) is 0 Å². The largest absolute Gasteiger partial charge is 0.378 e. The molecule has 1 unspecified atom stereocenters. The lowest BCUT2D eigenvalue weighted by Gasteiger charge is -2.29. The number of hydrogen-bond acceptors (Lipinski definition) is 1. The Balaban J connectivity index is 4.00. The second kappa shape index (κ2) is 5.31. The molecule has 0 aromatic rings. The number of rotatable bonds is 5. The Bertz CT molecular complexity index is 159. The number of nitrogens with zero attached hydrogens (tertiary/aromatic N) is 1. The molecule has 0 amide bonds. The molecule has 78 valence electrons. The van der Waals surface area contributed by atoms with Crippen LogP contribution in [0.2, 0.25) is 0 Å². The minimum absolute atomic E-state index is 0.560. The maximum atomic E-state index is 4.09. The van der Waals surface area contributed by atoms with Crippen LogP contribution in [0.15, 0.2) is 12.3 Å². The number of hydrogen-bond donors (Lipinski definition) is 0. The minimum atomic E-state index is 0.560. The summed E-state index contributed by atoms with van der Waals surface area (Å²) < 4.78 is 0. The fourth-order valence-electron chi connectivity index (χ4n) is 1.20. The van der Waals surface area contributed by atoms with Crippen LogP contribution in [0, 0.1) is 17.8 Å². The van der Waals surface area contributed by atoms with E-state index in [9.17, 15) is 0 Å². The normalized spacial score (nSPS) is 13.5. The lowest BCUT2D eigenvalue weighted by atomic mass is 9.97. The minimum Gasteiger partial charge on any atom is -0.378 e. The highest BCUT2D eigenvalue weighted by Gasteiger charge is 2.12. The fraction of sp³-hybridized carbons (Fsp3) is 0.833. The zero-order valence-corrected chi connectivity index (χ0v) is 10.1. The van der Waals surface area contributed by atoms with Gasteiger partial charge in [0, 0.05) is 19.3 Å². The third-order valence-electron chi connectivity index (χ3n) is 2.86. The molecule has 0 bridgehead atoms. The third kappa shape index (κ3) is 4.35. The molecule has 0 saturated heterocycles. The van der Waals surface area contributed by atoms with Crippen molar-refractivity contribution in [2.24, 2.45) is 17.8 Å². The first-order chi connectivity index (χ1) is 5.86.